The molecule has 1 heterocycles. The van der Waals surface area contributed by atoms with Gasteiger partial charge >= 0.3 is 0 Å². The number of carbonyl (C=O) groups is 1. The Morgan fingerprint density at radius 3 is 2.64 bits per heavy atom. The molecule has 0 aliphatic carbocycles. The Bertz CT molecular complexity index is 938. The summed E-state index contributed by atoms with van der Waals surface area (Å²) in [7, 11) is 1.91. The highest BCUT2D eigenvalue weighted by atomic mass is 32.2. The van der Waals surface area contributed by atoms with Gasteiger partial charge in [-0.15, -0.1) is 10.2 Å². The predicted molar refractivity (Wildman–Crippen MR) is 112 cm³/mol. The number of nitrogens with zero attached hydrogens (tertiary/aromatic N) is 3. The molecule has 3 aromatic rings. The van der Waals surface area contributed by atoms with Gasteiger partial charge in [-0.3, -0.25) is 4.79 Å². The lowest BCUT2D eigenvalue weighted by Crippen LogP contribution is -2.29. The monoisotopic (exact) mass is 396 g/mol. The topological polar surface area (TPSA) is 69.0 Å². The molecule has 0 aliphatic heterocycles. The first-order chi connectivity index (χ1) is 13.5. The van der Waals surface area contributed by atoms with E-state index in [1.807, 2.05) is 74.0 Å². The number of aryl methyl sites for hydroxylation is 2. The lowest BCUT2D eigenvalue weighted by atomic mass is 10.1. The van der Waals surface area contributed by atoms with E-state index in [0.717, 1.165) is 22.7 Å². The van der Waals surface area contributed by atoms with Gasteiger partial charge in [-0.1, -0.05) is 53.7 Å². The summed E-state index contributed by atoms with van der Waals surface area (Å²) in [6.45, 7) is 4.96. The van der Waals surface area contributed by atoms with Gasteiger partial charge < -0.3 is 14.6 Å². The second-order valence-electron chi connectivity index (χ2n) is 6.53. The van der Waals surface area contributed by atoms with Crippen LogP contribution in [-0.4, -0.2) is 39.6 Å². The molecule has 6 nitrogen and oxygen atoms in total. The number of thioether (sulfide) groups is 1. The number of nitrogens with one attached hydrogen (secondary N) is 1. The maximum Gasteiger partial charge on any atom is 0.230 e. The van der Waals surface area contributed by atoms with Crippen molar-refractivity contribution >= 4 is 17.7 Å². The Labute approximate surface area is 169 Å². The Morgan fingerprint density at radius 2 is 1.89 bits per heavy atom. The zero-order valence-electron chi connectivity index (χ0n) is 16.3. The molecule has 0 saturated carbocycles. The highest BCUT2D eigenvalue weighted by molar-refractivity contribution is 7.99. The Kier molecular flexibility index (Phi) is 6.71. The summed E-state index contributed by atoms with van der Waals surface area (Å²) in [5.74, 6) is 1.82. The fourth-order valence-corrected chi connectivity index (χ4v) is 3.38. The molecule has 28 heavy (non-hydrogen) atoms. The van der Waals surface area contributed by atoms with E-state index < -0.39 is 0 Å². The number of amides is 1. The molecule has 0 atom stereocenters. The van der Waals surface area contributed by atoms with Gasteiger partial charge in [0.1, 0.15) is 12.4 Å². The normalized spacial score (nSPS) is 10.7. The summed E-state index contributed by atoms with van der Waals surface area (Å²) >= 11 is 1.37. The number of hydrogen-bond acceptors (Lipinski definition) is 5. The van der Waals surface area contributed by atoms with Crippen molar-refractivity contribution in [2.45, 2.75) is 19.0 Å². The van der Waals surface area contributed by atoms with Crippen LogP contribution in [0.1, 0.15) is 11.1 Å². The minimum atomic E-state index is -0.0577. The third kappa shape index (κ3) is 5.36. The van der Waals surface area contributed by atoms with E-state index in [9.17, 15) is 4.79 Å². The van der Waals surface area contributed by atoms with E-state index in [1.165, 1.54) is 17.3 Å². The molecule has 1 amide bonds. The van der Waals surface area contributed by atoms with Crippen LogP contribution >= 0.6 is 11.8 Å². The summed E-state index contributed by atoms with van der Waals surface area (Å²) in [6, 6.07) is 16.0. The largest absolute Gasteiger partial charge is 0.492 e. The highest BCUT2D eigenvalue weighted by Gasteiger charge is 2.12. The van der Waals surface area contributed by atoms with Crippen molar-refractivity contribution in [3.8, 4) is 17.1 Å². The Morgan fingerprint density at radius 1 is 1.11 bits per heavy atom. The summed E-state index contributed by atoms with van der Waals surface area (Å²) < 4.78 is 7.54. The van der Waals surface area contributed by atoms with Crippen molar-refractivity contribution < 1.29 is 9.53 Å². The molecular weight excluding hydrogens is 372 g/mol. The molecule has 1 aromatic heterocycles. The van der Waals surface area contributed by atoms with Crippen molar-refractivity contribution in [3.63, 3.8) is 0 Å². The van der Waals surface area contributed by atoms with Gasteiger partial charge in [-0.2, -0.15) is 0 Å². The third-order valence-corrected chi connectivity index (χ3v) is 5.18. The van der Waals surface area contributed by atoms with Gasteiger partial charge in [0.2, 0.25) is 5.91 Å². The van der Waals surface area contributed by atoms with Crippen LogP contribution in [0.3, 0.4) is 0 Å². The summed E-state index contributed by atoms with van der Waals surface area (Å²) in [4.78, 5) is 12.1. The van der Waals surface area contributed by atoms with Crippen molar-refractivity contribution in [2.24, 2.45) is 7.05 Å². The first-order valence-electron chi connectivity index (χ1n) is 9.08. The molecule has 2 aromatic carbocycles. The van der Waals surface area contributed by atoms with E-state index >= 15 is 0 Å². The fourth-order valence-electron chi connectivity index (χ4n) is 2.64. The lowest BCUT2D eigenvalue weighted by molar-refractivity contribution is -0.118. The smallest absolute Gasteiger partial charge is 0.230 e. The maximum absolute atomic E-state index is 12.1. The number of carbonyl (C=O) groups excluding carboxylic acids is 1. The van der Waals surface area contributed by atoms with Crippen LogP contribution in [0.2, 0.25) is 0 Å². The van der Waals surface area contributed by atoms with Gasteiger partial charge in [0.25, 0.3) is 0 Å². The van der Waals surface area contributed by atoms with E-state index in [2.05, 4.69) is 15.5 Å². The molecule has 0 bridgehead atoms. The van der Waals surface area contributed by atoms with Crippen LogP contribution in [0.25, 0.3) is 11.4 Å². The Hall–Kier alpha value is -2.80. The molecule has 3 rings (SSSR count). The average molecular weight is 397 g/mol. The van der Waals surface area contributed by atoms with E-state index in [0.29, 0.717) is 18.3 Å². The van der Waals surface area contributed by atoms with Gasteiger partial charge in [-0.25, -0.2) is 0 Å². The number of ether oxygens (including phenoxy) is 1. The quantitative estimate of drug-likeness (QED) is 0.467. The molecule has 0 unspecified atom stereocenters. The lowest BCUT2D eigenvalue weighted by Gasteiger charge is -2.08. The first-order valence-corrected chi connectivity index (χ1v) is 10.1. The molecule has 0 saturated heterocycles. The molecule has 0 aliphatic rings. The van der Waals surface area contributed by atoms with Crippen LogP contribution in [0.4, 0.5) is 0 Å². The third-order valence-electron chi connectivity index (χ3n) is 4.16. The van der Waals surface area contributed by atoms with Gasteiger partial charge in [0.05, 0.1) is 12.3 Å². The van der Waals surface area contributed by atoms with Gasteiger partial charge in [0, 0.05) is 12.6 Å². The summed E-state index contributed by atoms with van der Waals surface area (Å²) in [5, 5.41) is 12.0. The van der Waals surface area contributed by atoms with E-state index in [4.69, 9.17) is 4.74 Å². The highest BCUT2D eigenvalue weighted by Crippen LogP contribution is 2.22. The first kappa shape index (κ1) is 19.9. The molecule has 146 valence electrons. The van der Waals surface area contributed by atoms with Crippen molar-refractivity contribution in [1.82, 2.24) is 20.1 Å². The number of aromatic nitrogens is 3. The average Bonchev–Trinajstić information content (AvgIpc) is 3.05. The molecule has 0 fully saturated rings. The summed E-state index contributed by atoms with van der Waals surface area (Å²) in [5.41, 5.74) is 3.35. The minimum absolute atomic E-state index is 0.0577. The second kappa shape index (κ2) is 9.41. The van der Waals surface area contributed by atoms with Crippen LogP contribution < -0.4 is 10.1 Å². The van der Waals surface area contributed by atoms with Crippen LogP contribution in [0.5, 0.6) is 5.75 Å². The number of rotatable bonds is 8. The van der Waals surface area contributed by atoms with Crippen molar-refractivity contribution in [3.05, 3.63) is 59.7 Å². The zero-order chi connectivity index (χ0) is 19.9. The maximum atomic E-state index is 12.1. The van der Waals surface area contributed by atoms with Crippen LogP contribution in [0.15, 0.2) is 53.7 Å². The molecular formula is C21H24N4O2S. The van der Waals surface area contributed by atoms with Crippen LogP contribution in [0, 0.1) is 13.8 Å². The van der Waals surface area contributed by atoms with Crippen LogP contribution in [-0.2, 0) is 11.8 Å². The second-order valence-corrected chi connectivity index (χ2v) is 7.48. The minimum Gasteiger partial charge on any atom is -0.492 e. The molecule has 0 spiro atoms. The molecule has 1 N–H and O–H groups in total. The zero-order valence-corrected chi connectivity index (χ0v) is 17.1. The standard InChI is InChI=1S/C21H24N4O2S/c1-15-7-9-17(10-8-15)20-23-24-21(25(20)3)28-14-19(26)22-11-12-27-18-6-4-5-16(2)13-18/h4-10,13H,11-12,14H2,1-3H3,(H,22,26). The van der Waals surface area contributed by atoms with Gasteiger partial charge in [-0.05, 0) is 31.5 Å². The predicted octanol–water partition coefficient (Wildman–Crippen LogP) is 3.39. The Balaban J connectivity index is 1.44. The summed E-state index contributed by atoms with van der Waals surface area (Å²) in [6.07, 6.45) is 0. The molecule has 0 radical (unpaired) electrons. The van der Waals surface area contributed by atoms with Crippen molar-refractivity contribution in [1.29, 1.82) is 0 Å². The number of hydrogen-bond donors (Lipinski definition) is 1. The van der Waals surface area contributed by atoms with Gasteiger partial charge in [0.15, 0.2) is 11.0 Å². The fraction of sp³-hybridized carbons (Fsp3) is 0.286. The van der Waals surface area contributed by atoms with E-state index in [-0.39, 0.29) is 11.7 Å². The number of benzene rings is 2. The van der Waals surface area contributed by atoms with E-state index in [1.54, 1.807) is 0 Å². The SMILES string of the molecule is Cc1ccc(-c2nnc(SCC(=O)NCCOc3cccc(C)c3)n2C)cc1. The molecule has 7 heteroatoms. The van der Waals surface area contributed by atoms with Crippen molar-refractivity contribution in [2.75, 3.05) is 18.9 Å².